The fraction of sp³-hybridized carbons (Fsp3) is 0.136. The third-order valence-electron chi connectivity index (χ3n) is 5.09. The van der Waals surface area contributed by atoms with Crippen LogP contribution in [0.3, 0.4) is 0 Å². The van der Waals surface area contributed by atoms with Gasteiger partial charge in [0.05, 0.1) is 29.7 Å². The molecule has 0 saturated carbocycles. The molecule has 5 aromatic rings. The third kappa shape index (κ3) is 3.35. The zero-order chi connectivity index (χ0) is 20.7. The Bertz CT molecular complexity index is 1370. The molecule has 3 aromatic heterocycles. The van der Waals surface area contributed by atoms with Crippen molar-refractivity contribution in [3.63, 3.8) is 0 Å². The summed E-state index contributed by atoms with van der Waals surface area (Å²) < 4.78 is 17.1. The van der Waals surface area contributed by atoms with E-state index in [1.54, 1.807) is 12.1 Å². The van der Waals surface area contributed by atoms with Crippen molar-refractivity contribution >= 4 is 33.2 Å². The van der Waals surface area contributed by atoms with Crippen LogP contribution in [0.1, 0.15) is 11.5 Å². The molecule has 0 radical (unpaired) electrons. The fourth-order valence-electron chi connectivity index (χ4n) is 3.47. The number of amides is 1. The summed E-state index contributed by atoms with van der Waals surface area (Å²) in [5, 5.41) is 4.89. The lowest BCUT2D eigenvalue weighted by Crippen LogP contribution is -2.26. The number of fused-ring (bicyclic) bond motifs is 2. The summed E-state index contributed by atoms with van der Waals surface area (Å²) >= 11 is 1.48. The van der Waals surface area contributed by atoms with Gasteiger partial charge in [0, 0.05) is 29.9 Å². The summed E-state index contributed by atoms with van der Waals surface area (Å²) in [5.74, 6) is 0.442. The van der Waals surface area contributed by atoms with E-state index in [-0.39, 0.29) is 18.1 Å². The minimum Gasteiger partial charge on any atom is -0.349 e. The number of benzene rings is 2. The first kappa shape index (κ1) is 18.5. The molecule has 6 nitrogen and oxygen atoms in total. The highest BCUT2D eigenvalue weighted by Crippen LogP contribution is 2.24. The number of rotatable bonds is 5. The van der Waals surface area contributed by atoms with Crippen molar-refractivity contribution in [3.05, 3.63) is 77.4 Å². The molecule has 3 heterocycles. The number of imidazole rings is 2. The van der Waals surface area contributed by atoms with Gasteiger partial charge in [-0.1, -0.05) is 12.1 Å². The van der Waals surface area contributed by atoms with Crippen molar-refractivity contribution in [2.75, 3.05) is 0 Å². The first-order chi connectivity index (χ1) is 14.6. The number of hydrogen-bond donors (Lipinski definition) is 1. The Morgan fingerprint density at radius 2 is 1.93 bits per heavy atom. The van der Waals surface area contributed by atoms with Crippen LogP contribution in [0, 0.1) is 5.82 Å². The van der Waals surface area contributed by atoms with E-state index in [0.717, 1.165) is 38.8 Å². The zero-order valence-corrected chi connectivity index (χ0v) is 17.0. The number of nitrogens with one attached hydrogen (secondary N) is 1. The number of carbonyl (C=O) groups excluding carboxylic acids is 1. The van der Waals surface area contributed by atoms with Crippen LogP contribution < -0.4 is 5.32 Å². The van der Waals surface area contributed by atoms with Crippen LogP contribution in [0.15, 0.2) is 60.1 Å². The van der Waals surface area contributed by atoms with E-state index in [9.17, 15) is 9.18 Å². The van der Waals surface area contributed by atoms with Crippen molar-refractivity contribution in [1.29, 1.82) is 0 Å². The molecule has 0 atom stereocenters. The van der Waals surface area contributed by atoms with Gasteiger partial charge >= 0.3 is 0 Å². The van der Waals surface area contributed by atoms with Gasteiger partial charge in [0.2, 0.25) is 5.91 Å². The van der Waals surface area contributed by atoms with Crippen LogP contribution >= 0.6 is 11.3 Å². The SMILES string of the molecule is Cn1c(CNC(=O)Cc2csc3nc(-c4ccc(F)cc4)cn23)nc2ccccc21. The van der Waals surface area contributed by atoms with Gasteiger partial charge in [-0.3, -0.25) is 9.20 Å². The van der Waals surface area contributed by atoms with Crippen LogP contribution in [-0.4, -0.2) is 24.8 Å². The second kappa shape index (κ2) is 7.38. The number of aryl methyl sites for hydroxylation is 1. The van der Waals surface area contributed by atoms with E-state index < -0.39 is 0 Å². The summed E-state index contributed by atoms with van der Waals surface area (Å²) in [4.78, 5) is 22.5. The Hall–Kier alpha value is -3.52. The maximum Gasteiger partial charge on any atom is 0.226 e. The van der Waals surface area contributed by atoms with Crippen molar-refractivity contribution in [2.45, 2.75) is 13.0 Å². The Balaban J connectivity index is 1.30. The maximum absolute atomic E-state index is 13.2. The Morgan fingerprint density at radius 1 is 1.13 bits per heavy atom. The minimum atomic E-state index is -0.280. The molecule has 8 heteroatoms. The predicted octanol–water partition coefficient (Wildman–Crippen LogP) is 3.95. The van der Waals surface area contributed by atoms with Gasteiger partial charge in [-0.2, -0.15) is 0 Å². The smallest absolute Gasteiger partial charge is 0.226 e. The molecule has 0 unspecified atom stereocenters. The number of halogens is 1. The molecule has 0 aliphatic carbocycles. The van der Waals surface area contributed by atoms with E-state index in [1.165, 1.54) is 23.5 Å². The first-order valence-corrected chi connectivity index (χ1v) is 10.3. The average Bonchev–Trinajstić information content (AvgIpc) is 3.42. The summed E-state index contributed by atoms with van der Waals surface area (Å²) in [7, 11) is 1.95. The van der Waals surface area contributed by atoms with Crippen molar-refractivity contribution in [3.8, 4) is 11.3 Å². The van der Waals surface area contributed by atoms with Crippen LogP contribution in [-0.2, 0) is 24.8 Å². The van der Waals surface area contributed by atoms with Crippen LogP contribution in [0.4, 0.5) is 4.39 Å². The van der Waals surface area contributed by atoms with Gasteiger partial charge in [0.1, 0.15) is 11.6 Å². The van der Waals surface area contributed by atoms with Gasteiger partial charge in [0.15, 0.2) is 4.96 Å². The zero-order valence-electron chi connectivity index (χ0n) is 16.2. The van der Waals surface area contributed by atoms with E-state index in [4.69, 9.17) is 0 Å². The summed E-state index contributed by atoms with van der Waals surface area (Å²) in [5.41, 5.74) is 4.40. The molecule has 0 aliphatic rings. The molecule has 0 spiro atoms. The van der Waals surface area contributed by atoms with E-state index in [0.29, 0.717) is 6.54 Å². The fourth-order valence-corrected chi connectivity index (χ4v) is 4.35. The molecule has 30 heavy (non-hydrogen) atoms. The molecule has 5 rings (SSSR count). The van der Waals surface area contributed by atoms with Gasteiger partial charge in [0.25, 0.3) is 0 Å². The summed E-state index contributed by atoms with van der Waals surface area (Å²) in [6, 6.07) is 14.1. The second-order valence-corrected chi connectivity index (χ2v) is 7.88. The van der Waals surface area contributed by atoms with Gasteiger partial charge in [-0.15, -0.1) is 11.3 Å². The number of para-hydroxylation sites is 2. The van der Waals surface area contributed by atoms with Crippen molar-refractivity contribution in [1.82, 2.24) is 24.3 Å². The number of nitrogens with zero attached hydrogens (tertiary/aromatic N) is 4. The van der Waals surface area contributed by atoms with E-state index >= 15 is 0 Å². The molecular weight excluding hydrogens is 401 g/mol. The number of aromatic nitrogens is 4. The number of hydrogen-bond acceptors (Lipinski definition) is 4. The summed E-state index contributed by atoms with van der Waals surface area (Å²) in [6.45, 7) is 0.363. The normalized spacial score (nSPS) is 11.4. The second-order valence-electron chi connectivity index (χ2n) is 7.04. The molecule has 0 bridgehead atoms. The molecule has 0 saturated heterocycles. The van der Waals surface area contributed by atoms with E-state index in [2.05, 4.69) is 15.3 Å². The molecule has 1 N–H and O–H groups in total. The van der Waals surface area contributed by atoms with Crippen LogP contribution in [0.25, 0.3) is 27.3 Å². The summed E-state index contributed by atoms with van der Waals surface area (Å²) in [6.07, 6.45) is 2.12. The lowest BCUT2D eigenvalue weighted by Gasteiger charge is -2.05. The number of thiazole rings is 1. The molecule has 0 fully saturated rings. The van der Waals surface area contributed by atoms with Crippen molar-refractivity contribution < 1.29 is 9.18 Å². The average molecular weight is 419 g/mol. The van der Waals surface area contributed by atoms with Gasteiger partial charge in [-0.05, 0) is 36.4 Å². The highest BCUT2D eigenvalue weighted by Gasteiger charge is 2.14. The first-order valence-electron chi connectivity index (χ1n) is 9.47. The molecular formula is C22H18FN5OS. The van der Waals surface area contributed by atoms with Crippen LogP contribution in [0.5, 0.6) is 0 Å². The molecule has 2 aromatic carbocycles. The van der Waals surface area contributed by atoms with Crippen molar-refractivity contribution in [2.24, 2.45) is 7.05 Å². The molecule has 150 valence electrons. The van der Waals surface area contributed by atoms with E-state index in [1.807, 2.05) is 51.9 Å². The Labute approximate surface area is 175 Å². The topological polar surface area (TPSA) is 64.2 Å². The largest absolute Gasteiger partial charge is 0.349 e. The lowest BCUT2D eigenvalue weighted by molar-refractivity contribution is -0.120. The van der Waals surface area contributed by atoms with Gasteiger partial charge in [-0.25, -0.2) is 14.4 Å². The minimum absolute atomic E-state index is 0.0845. The highest BCUT2D eigenvalue weighted by atomic mass is 32.1. The standard InChI is InChI=1S/C22H18FN5OS/c1-27-19-5-3-2-4-17(19)25-20(27)11-24-21(29)10-16-13-30-22-26-18(12-28(16)22)14-6-8-15(23)9-7-14/h2-9,12-13H,10-11H2,1H3,(H,24,29). The Morgan fingerprint density at radius 3 is 2.73 bits per heavy atom. The third-order valence-corrected chi connectivity index (χ3v) is 5.98. The maximum atomic E-state index is 13.2. The predicted molar refractivity (Wildman–Crippen MR) is 115 cm³/mol. The quantitative estimate of drug-likeness (QED) is 0.469. The number of carbonyl (C=O) groups is 1. The monoisotopic (exact) mass is 419 g/mol. The molecule has 0 aliphatic heterocycles. The molecule has 1 amide bonds. The highest BCUT2D eigenvalue weighted by molar-refractivity contribution is 7.15. The Kier molecular flexibility index (Phi) is 4.55. The van der Waals surface area contributed by atoms with Gasteiger partial charge < -0.3 is 9.88 Å². The van der Waals surface area contributed by atoms with Crippen LogP contribution in [0.2, 0.25) is 0 Å². The lowest BCUT2D eigenvalue weighted by atomic mass is 10.2.